The predicted octanol–water partition coefficient (Wildman–Crippen LogP) is 0.980. The standard InChI is InChI=1S/C7H14O2S/c1-7(2,6-8)4-5-10(3)9/h6H,4-5H2,1-3H3. The summed E-state index contributed by atoms with van der Waals surface area (Å²) in [4.78, 5) is 10.3. The minimum absolute atomic E-state index is 0.300. The van der Waals surface area contributed by atoms with Gasteiger partial charge in [0.15, 0.2) is 0 Å². The molecule has 0 rings (SSSR count). The molecule has 60 valence electrons. The quantitative estimate of drug-likeness (QED) is 0.577. The maximum absolute atomic E-state index is 10.6. The minimum Gasteiger partial charge on any atom is -0.303 e. The average Bonchev–Trinajstić information content (AvgIpc) is 1.85. The van der Waals surface area contributed by atoms with Crippen molar-refractivity contribution in [2.45, 2.75) is 20.3 Å². The number of carbonyl (C=O) groups is 1. The van der Waals surface area contributed by atoms with E-state index in [0.717, 1.165) is 6.29 Å². The molecular weight excluding hydrogens is 148 g/mol. The molecule has 0 aromatic rings. The fraction of sp³-hybridized carbons (Fsp3) is 0.857. The van der Waals surface area contributed by atoms with Crippen molar-refractivity contribution in [3.8, 4) is 0 Å². The Hall–Kier alpha value is -0.180. The molecule has 0 radical (unpaired) electrons. The SMILES string of the molecule is CS(=O)CCC(C)(C)C=O. The van der Waals surface area contributed by atoms with Crippen LogP contribution in [0.3, 0.4) is 0 Å². The van der Waals surface area contributed by atoms with Crippen LogP contribution < -0.4 is 0 Å². The van der Waals surface area contributed by atoms with E-state index in [2.05, 4.69) is 0 Å². The van der Waals surface area contributed by atoms with Gasteiger partial charge in [0.1, 0.15) is 6.29 Å². The molecule has 0 heterocycles. The zero-order valence-corrected chi connectivity index (χ0v) is 7.53. The third-order valence-corrected chi connectivity index (χ3v) is 2.13. The molecule has 0 aromatic heterocycles. The lowest BCUT2D eigenvalue weighted by atomic mass is 9.93. The molecule has 0 aliphatic carbocycles. The Bertz CT molecular complexity index is 141. The molecule has 0 fully saturated rings. The van der Waals surface area contributed by atoms with Crippen LogP contribution in [0.2, 0.25) is 0 Å². The monoisotopic (exact) mass is 162 g/mol. The highest BCUT2D eigenvalue weighted by Crippen LogP contribution is 2.16. The number of rotatable bonds is 4. The second kappa shape index (κ2) is 3.86. The van der Waals surface area contributed by atoms with Gasteiger partial charge >= 0.3 is 0 Å². The van der Waals surface area contributed by atoms with Gasteiger partial charge in [-0.3, -0.25) is 4.21 Å². The molecule has 0 spiro atoms. The first-order valence-corrected chi connectivity index (χ1v) is 4.97. The number of aldehydes is 1. The summed E-state index contributed by atoms with van der Waals surface area (Å²) < 4.78 is 10.6. The van der Waals surface area contributed by atoms with E-state index in [1.54, 1.807) is 6.26 Å². The summed E-state index contributed by atoms with van der Waals surface area (Å²) in [5.74, 6) is 0.617. The summed E-state index contributed by atoms with van der Waals surface area (Å²) in [6.45, 7) is 3.71. The van der Waals surface area contributed by atoms with Gasteiger partial charge in [0.25, 0.3) is 0 Å². The van der Waals surface area contributed by atoms with E-state index in [1.165, 1.54) is 0 Å². The summed E-state index contributed by atoms with van der Waals surface area (Å²) in [7, 11) is -0.773. The smallest absolute Gasteiger partial charge is 0.125 e. The van der Waals surface area contributed by atoms with Crippen LogP contribution in [0.5, 0.6) is 0 Å². The first-order chi connectivity index (χ1) is 4.48. The van der Waals surface area contributed by atoms with Gasteiger partial charge in [-0.1, -0.05) is 13.8 Å². The minimum atomic E-state index is -0.773. The number of hydrogen-bond donors (Lipinski definition) is 0. The largest absolute Gasteiger partial charge is 0.303 e. The van der Waals surface area contributed by atoms with Crippen LogP contribution in [0, 0.1) is 5.41 Å². The van der Waals surface area contributed by atoms with Crippen molar-refractivity contribution < 1.29 is 9.00 Å². The lowest BCUT2D eigenvalue weighted by Gasteiger charge is -2.14. The van der Waals surface area contributed by atoms with Crippen LogP contribution in [0.1, 0.15) is 20.3 Å². The summed E-state index contributed by atoms with van der Waals surface area (Å²) >= 11 is 0. The van der Waals surface area contributed by atoms with Crippen LogP contribution in [0.15, 0.2) is 0 Å². The second-order valence-electron chi connectivity index (χ2n) is 3.13. The molecule has 2 nitrogen and oxygen atoms in total. The van der Waals surface area contributed by atoms with Gasteiger partial charge in [0, 0.05) is 28.2 Å². The predicted molar refractivity (Wildman–Crippen MR) is 43.4 cm³/mol. The molecule has 0 saturated carbocycles. The first-order valence-electron chi connectivity index (χ1n) is 3.24. The first kappa shape index (κ1) is 9.82. The van der Waals surface area contributed by atoms with E-state index in [0.29, 0.717) is 12.2 Å². The molecule has 1 unspecified atom stereocenters. The molecule has 0 aliphatic heterocycles. The van der Waals surface area contributed by atoms with E-state index in [1.807, 2.05) is 13.8 Å². The lowest BCUT2D eigenvalue weighted by molar-refractivity contribution is -0.114. The van der Waals surface area contributed by atoms with Gasteiger partial charge < -0.3 is 4.79 Å². The molecule has 0 aromatic carbocycles. The molecule has 10 heavy (non-hydrogen) atoms. The maximum atomic E-state index is 10.6. The van der Waals surface area contributed by atoms with E-state index >= 15 is 0 Å². The lowest BCUT2D eigenvalue weighted by Crippen LogP contribution is -2.16. The number of hydrogen-bond acceptors (Lipinski definition) is 2. The molecule has 0 bridgehead atoms. The normalized spacial score (nSPS) is 14.7. The summed E-state index contributed by atoms with van der Waals surface area (Å²) in [5.41, 5.74) is -0.300. The van der Waals surface area contributed by atoms with Crippen LogP contribution >= 0.6 is 0 Å². The van der Waals surface area contributed by atoms with E-state index < -0.39 is 10.8 Å². The van der Waals surface area contributed by atoms with Crippen LogP contribution in [-0.4, -0.2) is 22.5 Å². The van der Waals surface area contributed by atoms with Crippen molar-refractivity contribution in [3.63, 3.8) is 0 Å². The van der Waals surface area contributed by atoms with Gasteiger partial charge in [-0.2, -0.15) is 0 Å². The van der Waals surface area contributed by atoms with Crippen molar-refractivity contribution in [3.05, 3.63) is 0 Å². The van der Waals surface area contributed by atoms with Gasteiger partial charge in [-0.05, 0) is 6.42 Å². The van der Waals surface area contributed by atoms with Crippen molar-refractivity contribution in [2.75, 3.05) is 12.0 Å². The van der Waals surface area contributed by atoms with Crippen molar-refractivity contribution in [1.82, 2.24) is 0 Å². The Balaban J connectivity index is 3.67. The molecule has 0 amide bonds. The van der Waals surface area contributed by atoms with Crippen LogP contribution in [-0.2, 0) is 15.6 Å². The second-order valence-corrected chi connectivity index (χ2v) is 4.69. The maximum Gasteiger partial charge on any atom is 0.125 e. The molecular formula is C7H14O2S. The average molecular weight is 162 g/mol. The topological polar surface area (TPSA) is 34.1 Å². The van der Waals surface area contributed by atoms with Gasteiger partial charge in [-0.25, -0.2) is 0 Å². The highest BCUT2D eigenvalue weighted by Gasteiger charge is 2.15. The third-order valence-electron chi connectivity index (χ3n) is 1.35. The highest BCUT2D eigenvalue weighted by atomic mass is 32.2. The van der Waals surface area contributed by atoms with E-state index in [9.17, 15) is 9.00 Å². The molecule has 1 atom stereocenters. The van der Waals surface area contributed by atoms with Crippen molar-refractivity contribution in [2.24, 2.45) is 5.41 Å². The zero-order chi connectivity index (χ0) is 8.20. The Morgan fingerprint density at radius 1 is 1.50 bits per heavy atom. The van der Waals surface area contributed by atoms with Gasteiger partial charge in [-0.15, -0.1) is 0 Å². The molecule has 0 saturated heterocycles. The van der Waals surface area contributed by atoms with Crippen molar-refractivity contribution >= 4 is 17.1 Å². The fourth-order valence-electron chi connectivity index (χ4n) is 0.466. The van der Waals surface area contributed by atoms with Crippen LogP contribution in [0.25, 0.3) is 0 Å². The Morgan fingerprint density at radius 3 is 2.30 bits per heavy atom. The van der Waals surface area contributed by atoms with E-state index in [-0.39, 0.29) is 5.41 Å². The highest BCUT2D eigenvalue weighted by molar-refractivity contribution is 7.84. The summed E-state index contributed by atoms with van der Waals surface area (Å²) in [6.07, 6.45) is 3.28. The van der Waals surface area contributed by atoms with Gasteiger partial charge in [0.05, 0.1) is 0 Å². The molecule has 0 aliphatic rings. The fourth-order valence-corrected chi connectivity index (χ4v) is 1.28. The van der Waals surface area contributed by atoms with E-state index in [4.69, 9.17) is 0 Å². The number of carbonyl (C=O) groups excluding carboxylic acids is 1. The Morgan fingerprint density at radius 2 is 2.00 bits per heavy atom. The third kappa shape index (κ3) is 4.68. The van der Waals surface area contributed by atoms with Crippen molar-refractivity contribution in [1.29, 1.82) is 0 Å². The van der Waals surface area contributed by atoms with Crippen LogP contribution in [0.4, 0.5) is 0 Å². The summed E-state index contributed by atoms with van der Waals surface area (Å²) in [5, 5.41) is 0. The Labute approximate surface area is 64.5 Å². The molecule has 0 N–H and O–H groups in total. The Kier molecular flexibility index (Phi) is 3.79. The zero-order valence-electron chi connectivity index (χ0n) is 6.72. The molecule has 3 heteroatoms. The summed E-state index contributed by atoms with van der Waals surface area (Å²) in [6, 6.07) is 0. The van der Waals surface area contributed by atoms with Gasteiger partial charge in [0.2, 0.25) is 0 Å².